The van der Waals surface area contributed by atoms with Crippen LogP contribution >= 0.6 is 11.3 Å². The number of aromatic amines is 1. The highest BCUT2D eigenvalue weighted by Gasteiger charge is 2.26. The fraction of sp³-hybridized carbons (Fsp3) is 0.353. The van der Waals surface area contributed by atoms with Crippen molar-refractivity contribution in [3.05, 3.63) is 34.6 Å². The highest BCUT2D eigenvalue weighted by molar-refractivity contribution is 7.21. The molecule has 0 radical (unpaired) electrons. The second-order valence-corrected chi connectivity index (χ2v) is 7.40. The molecule has 1 aliphatic carbocycles. The molecule has 0 saturated heterocycles. The van der Waals surface area contributed by atoms with E-state index in [1.165, 1.54) is 11.3 Å². The van der Waals surface area contributed by atoms with Gasteiger partial charge in [0.1, 0.15) is 16.4 Å². The second kappa shape index (κ2) is 6.45. The van der Waals surface area contributed by atoms with Crippen molar-refractivity contribution in [3.63, 3.8) is 0 Å². The van der Waals surface area contributed by atoms with Crippen LogP contribution in [-0.2, 0) is 0 Å². The molecule has 2 heterocycles. The van der Waals surface area contributed by atoms with Crippen molar-refractivity contribution in [2.24, 2.45) is 5.92 Å². The van der Waals surface area contributed by atoms with Crippen LogP contribution in [0.25, 0.3) is 20.8 Å². The van der Waals surface area contributed by atoms with E-state index in [4.69, 9.17) is 5.73 Å². The molecule has 1 aromatic carbocycles. The summed E-state index contributed by atoms with van der Waals surface area (Å²) in [5.74, 6) is 0.834. The van der Waals surface area contributed by atoms with Gasteiger partial charge in [-0.25, -0.2) is 4.98 Å². The van der Waals surface area contributed by atoms with Crippen LogP contribution in [0.5, 0.6) is 0 Å². The quantitative estimate of drug-likeness (QED) is 0.569. The molecule has 7 nitrogen and oxygen atoms in total. The number of hydrogen-bond donors (Lipinski definition) is 4. The summed E-state index contributed by atoms with van der Waals surface area (Å²) in [7, 11) is 0. The van der Waals surface area contributed by atoms with Gasteiger partial charge in [0, 0.05) is 12.6 Å². The average Bonchev–Trinajstić information content (AvgIpc) is 3.20. The van der Waals surface area contributed by atoms with Gasteiger partial charge >= 0.3 is 0 Å². The van der Waals surface area contributed by atoms with Crippen LogP contribution in [0.3, 0.4) is 0 Å². The van der Waals surface area contributed by atoms with Gasteiger partial charge in [0.15, 0.2) is 0 Å². The normalized spacial score (nSPS) is 20.2. The Bertz CT molecular complexity index is 934. The zero-order valence-corrected chi connectivity index (χ0v) is 14.3. The Morgan fingerprint density at radius 2 is 2.16 bits per heavy atom. The number of nitrogen functional groups attached to an aromatic ring is 1. The molecular formula is C17H19N5O2S. The molecule has 0 bridgehead atoms. The molecule has 1 saturated carbocycles. The number of fused-ring (bicyclic) bond motifs is 1. The van der Waals surface area contributed by atoms with Gasteiger partial charge in [-0.2, -0.15) is 4.98 Å². The number of thiazole rings is 1. The van der Waals surface area contributed by atoms with E-state index >= 15 is 0 Å². The Labute approximate surface area is 147 Å². The number of aromatic nitrogens is 3. The van der Waals surface area contributed by atoms with Gasteiger partial charge in [0.2, 0.25) is 5.95 Å². The molecule has 5 N–H and O–H groups in total. The maximum Gasteiger partial charge on any atom is 0.264 e. The summed E-state index contributed by atoms with van der Waals surface area (Å²) in [5, 5.41) is 13.3. The summed E-state index contributed by atoms with van der Waals surface area (Å²) in [6.45, 7) is 0.188. The summed E-state index contributed by atoms with van der Waals surface area (Å²) in [5.41, 5.74) is 6.72. The average molecular weight is 357 g/mol. The number of aliphatic hydroxyl groups is 1. The minimum absolute atomic E-state index is 0.0778. The molecule has 130 valence electrons. The smallest absolute Gasteiger partial charge is 0.264 e. The minimum Gasteiger partial charge on any atom is -0.396 e. The van der Waals surface area contributed by atoms with Crippen LogP contribution in [0.2, 0.25) is 0 Å². The van der Waals surface area contributed by atoms with Crippen LogP contribution < -0.4 is 16.6 Å². The van der Waals surface area contributed by atoms with Crippen molar-refractivity contribution in [2.75, 3.05) is 17.7 Å². The van der Waals surface area contributed by atoms with Gasteiger partial charge in [-0.3, -0.25) is 9.78 Å². The summed E-state index contributed by atoms with van der Waals surface area (Å²) in [6, 6.07) is 7.93. The summed E-state index contributed by atoms with van der Waals surface area (Å²) in [6.07, 6.45) is 2.74. The summed E-state index contributed by atoms with van der Waals surface area (Å²) in [4.78, 5) is 24.0. The molecule has 0 amide bonds. The summed E-state index contributed by atoms with van der Waals surface area (Å²) < 4.78 is 1.01. The first-order chi connectivity index (χ1) is 12.1. The maximum atomic E-state index is 12.5. The first-order valence-corrected chi connectivity index (χ1v) is 9.09. The molecule has 1 fully saturated rings. The molecule has 0 aliphatic heterocycles. The Morgan fingerprint density at radius 3 is 2.92 bits per heavy atom. The van der Waals surface area contributed by atoms with Gasteiger partial charge in [0.05, 0.1) is 10.2 Å². The zero-order valence-electron chi connectivity index (χ0n) is 13.5. The Morgan fingerprint density at radius 1 is 1.32 bits per heavy atom. The van der Waals surface area contributed by atoms with E-state index < -0.39 is 0 Å². The van der Waals surface area contributed by atoms with Crippen molar-refractivity contribution < 1.29 is 5.11 Å². The number of rotatable bonds is 4. The monoisotopic (exact) mass is 357 g/mol. The molecule has 0 unspecified atom stereocenters. The van der Waals surface area contributed by atoms with Crippen molar-refractivity contribution in [1.82, 2.24) is 15.0 Å². The third-order valence-electron chi connectivity index (χ3n) is 4.59. The van der Waals surface area contributed by atoms with Crippen molar-refractivity contribution in [2.45, 2.75) is 25.3 Å². The lowest BCUT2D eigenvalue weighted by Crippen LogP contribution is -2.22. The SMILES string of the molecule is Nc1nc(N[C@H]2CC[C@@H](CO)C2)c(-c2nc3ccccc3s2)c(=O)[nH]1. The minimum atomic E-state index is -0.300. The van der Waals surface area contributed by atoms with E-state index in [1.807, 2.05) is 24.3 Å². The number of nitrogens with one attached hydrogen (secondary N) is 2. The van der Waals surface area contributed by atoms with E-state index in [1.54, 1.807) is 0 Å². The highest BCUT2D eigenvalue weighted by Crippen LogP contribution is 2.34. The molecule has 2 aromatic heterocycles. The van der Waals surface area contributed by atoms with Crippen LogP contribution in [0.15, 0.2) is 29.1 Å². The van der Waals surface area contributed by atoms with Gasteiger partial charge in [-0.15, -0.1) is 11.3 Å². The largest absolute Gasteiger partial charge is 0.396 e. The van der Waals surface area contributed by atoms with Crippen LogP contribution in [0, 0.1) is 5.92 Å². The molecule has 1 aliphatic rings. The maximum absolute atomic E-state index is 12.5. The van der Waals surface area contributed by atoms with E-state index in [0.29, 0.717) is 22.3 Å². The van der Waals surface area contributed by atoms with Gasteiger partial charge in [0.25, 0.3) is 5.56 Å². The molecule has 4 rings (SSSR count). The van der Waals surface area contributed by atoms with Gasteiger partial charge in [-0.05, 0) is 37.3 Å². The topological polar surface area (TPSA) is 117 Å². The van der Waals surface area contributed by atoms with Crippen molar-refractivity contribution >= 4 is 33.3 Å². The second-order valence-electron chi connectivity index (χ2n) is 6.36. The number of para-hydroxylation sites is 1. The van der Waals surface area contributed by atoms with Crippen molar-refractivity contribution in [1.29, 1.82) is 0 Å². The molecular weight excluding hydrogens is 338 g/mol. The number of hydrogen-bond acceptors (Lipinski definition) is 7. The van der Waals surface area contributed by atoms with Crippen molar-refractivity contribution in [3.8, 4) is 10.6 Å². The number of H-pyrrole nitrogens is 1. The fourth-order valence-corrected chi connectivity index (χ4v) is 4.35. The summed E-state index contributed by atoms with van der Waals surface area (Å²) >= 11 is 1.46. The molecule has 2 atom stereocenters. The number of aliphatic hydroxyl groups excluding tert-OH is 1. The zero-order chi connectivity index (χ0) is 17.4. The Balaban J connectivity index is 1.75. The van der Waals surface area contributed by atoms with Gasteiger partial charge in [-0.1, -0.05) is 12.1 Å². The first-order valence-electron chi connectivity index (χ1n) is 8.27. The lowest BCUT2D eigenvalue weighted by Gasteiger charge is -2.15. The standard InChI is InChI=1S/C17H19N5O2S/c18-17-21-14(19-10-6-5-9(7-10)8-23)13(15(24)22-17)16-20-11-3-1-2-4-12(11)25-16/h1-4,9-10,23H,5-8H2,(H4,18,19,21,22,24)/t9-,10+/m1/s1. The van der Waals surface area contributed by atoms with E-state index in [9.17, 15) is 9.90 Å². The van der Waals surface area contributed by atoms with E-state index in [-0.39, 0.29) is 24.2 Å². The van der Waals surface area contributed by atoms with Crippen LogP contribution in [-0.4, -0.2) is 32.7 Å². The lowest BCUT2D eigenvalue weighted by molar-refractivity contribution is 0.229. The highest BCUT2D eigenvalue weighted by atomic mass is 32.1. The predicted molar refractivity (Wildman–Crippen MR) is 99.7 cm³/mol. The van der Waals surface area contributed by atoms with Crippen LogP contribution in [0.4, 0.5) is 11.8 Å². The molecule has 8 heteroatoms. The molecule has 25 heavy (non-hydrogen) atoms. The van der Waals surface area contributed by atoms with Gasteiger partial charge < -0.3 is 16.2 Å². The fourth-order valence-electron chi connectivity index (χ4n) is 3.34. The Kier molecular flexibility index (Phi) is 4.14. The predicted octanol–water partition coefficient (Wildman–Crippen LogP) is 2.20. The van der Waals surface area contributed by atoms with Crippen LogP contribution in [0.1, 0.15) is 19.3 Å². The third-order valence-corrected chi connectivity index (χ3v) is 5.64. The first kappa shape index (κ1) is 16.0. The number of anilines is 2. The number of benzene rings is 1. The Hall–Kier alpha value is -2.45. The molecule has 0 spiro atoms. The third kappa shape index (κ3) is 3.10. The number of nitrogens with zero attached hydrogens (tertiary/aromatic N) is 2. The number of nitrogens with two attached hydrogens (primary N) is 1. The van der Waals surface area contributed by atoms with E-state index in [2.05, 4.69) is 20.3 Å². The van der Waals surface area contributed by atoms with E-state index in [0.717, 1.165) is 29.5 Å². The molecule has 3 aromatic rings. The lowest BCUT2D eigenvalue weighted by atomic mass is 10.1.